The third-order valence-corrected chi connectivity index (χ3v) is 5.91. The molecule has 0 atom stereocenters. The average Bonchev–Trinajstić information content (AvgIpc) is 2.77. The van der Waals surface area contributed by atoms with Crippen LogP contribution in [0.5, 0.6) is 0 Å². The second-order valence-electron chi connectivity index (χ2n) is 7.69. The van der Waals surface area contributed by atoms with E-state index in [1.54, 1.807) is 12.3 Å². The first-order valence-corrected chi connectivity index (χ1v) is 11.4. The van der Waals surface area contributed by atoms with E-state index in [0.717, 1.165) is 28.1 Å². The molecule has 166 valence electrons. The van der Waals surface area contributed by atoms with E-state index in [1.807, 2.05) is 74.4 Å². The summed E-state index contributed by atoms with van der Waals surface area (Å²) in [6.45, 7) is 2.01. The van der Waals surface area contributed by atoms with Gasteiger partial charge in [0.1, 0.15) is 0 Å². The number of hydrogen-bond donors (Lipinski definition) is 2. The van der Waals surface area contributed by atoms with Gasteiger partial charge in [0.25, 0.3) is 5.91 Å². The summed E-state index contributed by atoms with van der Waals surface area (Å²) in [5, 5.41) is 11.8. The van der Waals surface area contributed by atoms with E-state index in [0.29, 0.717) is 22.8 Å². The molecular formula is C25H27N3O3S. The van der Waals surface area contributed by atoms with E-state index in [1.165, 1.54) is 11.8 Å². The summed E-state index contributed by atoms with van der Waals surface area (Å²) in [5.74, 6) is 0.194. The first-order chi connectivity index (χ1) is 15.3. The van der Waals surface area contributed by atoms with Crippen molar-refractivity contribution in [2.75, 3.05) is 30.1 Å². The Hall–Kier alpha value is -3.32. The van der Waals surface area contributed by atoms with Crippen LogP contribution in [-0.4, -0.2) is 41.8 Å². The van der Waals surface area contributed by atoms with Crippen molar-refractivity contribution in [3.8, 4) is 11.3 Å². The van der Waals surface area contributed by atoms with Gasteiger partial charge in [0.15, 0.2) is 0 Å². The molecule has 2 N–H and O–H groups in total. The van der Waals surface area contributed by atoms with Crippen LogP contribution in [0.2, 0.25) is 0 Å². The molecule has 32 heavy (non-hydrogen) atoms. The predicted molar refractivity (Wildman–Crippen MR) is 132 cm³/mol. The van der Waals surface area contributed by atoms with Crippen LogP contribution in [0.1, 0.15) is 27.9 Å². The van der Waals surface area contributed by atoms with Gasteiger partial charge in [-0.15, -0.1) is 0 Å². The molecule has 0 fully saturated rings. The smallest absolute Gasteiger partial charge is 0.304 e. The Labute approximate surface area is 192 Å². The van der Waals surface area contributed by atoms with Crippen LogP contribution in [0.3, 0.4) is 0 Å². The molecule has 0 unspecified atom stereocenters. The van der Waals surface area contributed by atoms with E-state index in [4.69, 9.17) is 5.11 Å². The van der Waals surface area contributed by atoms with Crippen molar-refractivity contribution in [3.05, 3.63) is 77.5 Å². The molecule has 0 radical (unpaired) electrons. The summed E-state index contributed by atoms with van der Waals surface area (Å²) in [7, 11) is 3.95. The Bertz CT molecular complexity index is 1120. The Balaban J connectivity index is 1.81. The molecule has 1 amide bonds. The number of carbonyl (C=O) groups is 2. The quantitative estimate of drug-likeness (QED) is 0.443. The number of hydrogen-bond acceptors (Lipinski definition) is 5. The minimum atomic E-state index is -0.801. The number of carbonyl (C=O) groups excluding carboxylic acids is 1. The molecule has 0 aliphatic carbocycles. The summed E-state index contributed by atoms with van der Waals surface area (Å²) in [4.78, 5) is 30.2. The molecule has 1 heterocycles. The molecule has 0 aliphatic rings. The molecule has 0 bridgehead atoms. The highest BCUT2D eigenvalue weighted by Gasteiger charge is 2.14. The summed E-state index contributed by atoms with van der Waals surface area (Å²) >= 11 is 1.54. The van der Waals surface area contributed by atoms with E-state index in [9.17, 15) is 9.59 Å². The van der Waals surface area contributed by atoms with Crippen LogP contribution < -0.4 is 10.2 Å². The summed E-state index contributed by atoms with van der Waals surface area (Å²) in [5.41, 5.74) is 6.00. The molecule has 2 aromatic carbocycles. The number of pyridine rings is 1. The summed E-state index contributed by atoms with van der Waals surface area (Å²) < 4.78 is 0. The number of carboxylic acid groups (broad SMARTS) is 1. The Morgan fingerprint density at radius 3 is 2.62 bits per heavy atom. The van der Waals surface area contributed by atoms with Crippen LogP contribution in [0.4, 0.5) is 11.4 Å². The molecule has 1 aromatic heterocycles. The van der Waals surface area contributed by atoms with Crippen molar-refractivity contribution >= 4 is 35.0 Å². The Morgan fingerprint density at radius 1 is 1.09 bits per heavy atom. The third-order valence-electron chi connectivity index (χ3n) is 4.88. The molecular weight excluding hydrogens is 422 g/mol. The second kappa shape index (κ2) is 10.8. The number of nitrogens with zero attached hydrogens (tertiary/aromatic N) is 2. The lowest BCUT2D eigenvalue weighted by molar-refractivity contribution is -0.136. The molecule has 0 saturated heterocycles. The number of aliphatic carboxylic acids is 1. The van der Waals surface area contributed by atoms with Gasteiger partial charge in [0.2, 0.25) is 0 Å². The topological polar surface area (TPSA) is 82.5 Å². The van der Waals surface area contributed by atoms with Gasteiger partial charge >= 0.3 is 5.97 Å². The van der Waals surface area contributed by atoms with Gasteiger partial charge in [-0.1, -0.05) is 12.1 Å². The number of rotatable bonds is 9. The van der Waals surface area contributed by atoms with Gasteiger partial charge in [-0.25, -0.2) is 0 Å². The zero-order valence-electron chi connectivity index (χ0n) is 18.5. The van der Waals surface area contributed by atoms with Crippen molar-refractivity contribution < 1.29 is 14.7 Å². The third kappa shape index (κ3) is 6.34. The van der Waals surface area contributed by atoms with E-state index < -0.39 is 5.97 Å². The lowest BCUT2D eigenvalue weighted by Crippen LogP contribution is -2.14. The van der Waals surface area contributed by atoms with Crippen molar-refractivity contribution in [2.45, 2.75) is 19.1 Å². The average molecular weight is 450 g/mol. The van der Waals surface area contributed by atoms with Crippen molar-refractivity contribution in [2.24, 2.45) is 0 Å². The number of amides is 1. The summed E-state index contributed by atoms with van der Waals surface area (Å²) in [6, 6.07) is 17.2. The molecule has 0 spiro atoms. The monoisotopic (exact) mass is 449 g/mol. The fourth-order valence-corrected chi connectivity index (χ4v) is 4.04. The van der Waals surface area contributed by atoms with Gasteiger partial charge in [-0.05, 0) is 60.5 Å². The zero-order chi connectivity index (χ0) is 23.1. The number of aryl methyl sites for hydroxylation is 1. The molecule has 0 saturated carbocycles. The van der Waals surface area contributed by atoms with Crippen molar-refractivity contribution in [1.29, 1.82) is 0 Å². The number of carboxylic acids is 1. The maximum atomic E-state index is 13.0. The SMILES string of the molecule is Cc1ccnc(-c2cc(N(C)C)ccc2NC(=O)c2cccc(CSCCC(=O)O)c2)c1. The minimum absolute atomic E-state index is 0.129. The minimum Gasteiger partial charge on any atom is -0.481 e. The van der Waals surface area contributed by atoms with E-state index >= 15 is 0 Å². The van der Waals surface area contributed by atoms with E-state index in [2.05, 4.69) is 10.3 Å². The fraction of sp³-hybridized carbons (Fsp3) is 0.240. The molecule has 0 aliphatic heterocycles. The van der Waals surface area contributed by atoms with Crippen molar-refractivity contribution in [3.63, 3.8) is 0 Å². The normalized spacial score (nSPS) is 10.6. The van der Waals surface area contributed by atoms with Crippen molar-refractivity contribution in [1.82, 2.24) is 4.98 Å². The standard InChI is InChI=1S/C25H27N3O3S/c1-17-9-11-26-23(13-17)21-15-20(28(2)3)7-8-22(21)27-25(31)19-6-4-5-18(14-19)16-32-12-10-24(29)30/h4-9,11,13-15H,10,12,16H2,1-3H3,(H,27,31)(H,29,30). The van der Waals surface area contributed by atoms with Gasteiger partial charge in [0, 0.05) is 48.6 Å². The maximum absolute atomic E-state index is 13.0. The Kier molecular flexibility index (Phi) is 7.89. The number of nitrogens with one attached hydrogen (secondary N) is 1. The second-order valence-corrected chi connectivity index (χ2v) is 8.80. The van der Waals surface area contributed by atoms with Gasteiger partial charge in [-0.3, -0.25) is 14.6 Å². The Morgan fingerprint density at radius 2 is 1.91 bits per heavy atom. The molecule has 6 nitrogen and oxygen atoms in total. The summed E-state index contributed by atoms with van der Waals surface area (Å²) in [6.07, 6.45) is 1.90. The number of anilines is 2. The highest BCUT2D eigenvalue weighted by Crippen LogP contribution is 2.31. The van der Waals surface area contributed by atoms with Crippen LogP contribution in [0.25, 0.3) is 11.3 Å². The highest BCUT2D eigenvalue weighted by atomic mass is 32.2. The van der Waals surface area contributed by atoms with Gasteiger partial charge < -0.3 is 15.3 Å². The molecule has 7 heteroatoms. The first-order valence-electron chi connectivity index (χ1n) is 10.3. The maximum Gasteiger partial charge on any atom is 0.304 e. The van der Waals surface area contributed by atoms with Gasteiger partial charge in [-0.2, -0.15) is 11.8 Å². The van der Waals surface area contributed by atoms with Crippen LogP contribution in [0.15, 0.2) is 60.8 Å². The highest BCUT2D eigenvalue weighted by molar-refractivity contribution is 7.98. The first kappa shape index (κ1) is 23.3. The fourth-order valence-electron chi connectivity index (χ4n) is 3.16. The predicted octanol–water partition coefficient (Wildman–Crippen LogP) is 5.08. The largest absolute Gasteiger partial charge is 0.481 e. The lowest BCUT2D eigenvalue weighted by atomic mass is 10.0. The van der Waals surface area contributed by atoms with Crippen LogP contribution in [0, 0.1) is 6.92 Å². The van der Waals surface area contributed by atoms with Crippen LogP contribution in [-0.2, 0) is 10.5 Å². The lowest BCUT2D eigenvalue weighted by Gasteiger charge is -2.17. The number of thioether (sulfide) groups is 1. The van der Waals surface area contributed by atoms with Gasteiger partial charge in [0.05, 0.1) is 17.8 Å². The number of aromatic nitrogens is 1. The number of benzene rings is 2. The van der Waals surface area contributed by atoms with E-state index in [-0.39, 0.29) is 12.3 Å². The van der Waals surface area contributed by atoms with Crippen LogP contribution >= 0.6 is 11.8 Å². The molecule has 3 aromatic rings. The molecule has 3 rings (SSSR count). The zero-order valence-corrected chi connectivity index (χ0v) is 19.3.